The van der Waals surface area contributed by atoms with E-state index in [-0.39, 0.29) is 11.4 Å². The van der Waals surface area contributed by atoms with Crippen LogP contribution in [0.4, 0.5) is 13.2 Å². The van der Waals surface area contributed by atoms with Crippen LogP contribution in [0.25, 0.3) is 11.4 Å². The Morgan fingerprint density at radius 3 is 2.46 bits per heavy atom. The highest BCUT2D eigenvalue weighted by Gasteiger charge is 2.38. The molecule has 0 saturated carbocycles. The molecule has 1 aliphatic rings. The van der Waals surface area contributed by atoms with Crippen LogP contribution < -0.4 is 10.2 Å². The maximum atomic E-state index is 12.6. The van der Waals surface area contributed by atoms with Crippen LogP contribution in [0.3, 0.4) is 0 Å². The van der Waals surface area contributed by atoms with Crippen molar-refractivity contribution in [2.45, 2.75) is 51.7 Å². The summed E-state index contributed by atoms with van der Waals surface area (Å²) in [6, 6.07) is 3.38. The van der Waals surface area contributed by atoms with Gasteiger partial charge in [0.1, 0.15) is 12.0 Å². The number of benzene rings is 1. The van der Waals surface area contributed by atoms with E-state index in [9.17, 15) is 13.2 Å². The molecule has 2 heterocycles. The fraction of sp³-hybridized carbons (Fsp3) is 0.474. The molecule has 0 radical (unpaired) electrons. The van der Waals surface area contributed by atoms with E-state index in [1.54, 1.807) is 18.4 Å². The highest BCUT2D eigenvalue weighted by atomic mass is 19.4. The number of aryl methyl sites for hydroxylation is 2. The molecule has 1 aromatic heterocycles. The topological polar surface area (TPSA) is 69.4 Å². The Hall–Kier alpha value is -2.55. The molecule has 1 unspecified atom stereocenters. The molecule has 0 aliphatic carbocycles. The summed E-state index contributed by atoms with van der Waals surface area (Å²) in [4.78, 5) is 8.55. The van der Waals surface area contributed by atoms with Crippen LogP contribution in [-0.4, -0.2) is 22.3 Å². The van der Waals surface area contributed by atoms with Gasteiger partial charge in [-0.05, 0) is 62.4 Å². The molecule has 0 bridgehead atoms. The van der Waals surface area contributed by atoms with Crippen LogP contribution in [-0.2, 0) is 11.0 Å². The number of rotatable bonds is 7. The van der Waals surface area contributed by atoms with Crippen molar-refractivity contribution in [2.75, 3.05) is 6.61 Å². The molecule has 152 valence electrons. The van der Waals surface area contributed by atoms with Gasteiger partial charge in [0.2, 0.25) is 5.82 Å². The summed E-state index contributed by atoms with van der Waals surface area (Å²) in [5.74, 6) is -0.754. The molecular formula is C19H22F3N3O3. The van der Waals surface area contributed by atoms with E-state index in [0.717, 1.165) is 30.4 Å². The Bertz CT molecular complexity index is 841. The smallest absolute Gasteiger partial charge is 0.471 e. The standard InChI is InChI=1S/C19H22F3N3O3/c1-4-18(7-9-27-25-18)6-5-8-26-15-12(2)10-14(11-13(15)3)16-23-17(28-24-16)19(20,21)22/h7,9-11,25H,4-6,8H2,1-3H3. The van der Waals surface area contributed by atoms with Crippen molar-refractivity contribution in [2.24, 2.45) is 0 Å². The predicted octanol–water partition coefficient (Wildman–Crippen LogP) is 4.73. The van der Waals surface area contributed by atoms with Crippen molar-refractivity contribution in [1.29, 1.82) is 0 Å². The largest absolute Gasteiger partial charge is 0.493 e. The SMILES string of the molecule is CCC1(CCCOc2c(C)cc(-c3noc(C(F)(F)F)n3)cc2C)C=CON1. The Kier molecular flexibility index (Phi) is 5.64. The summed E-state index contributed by atoms with van der Waals surface area (Å²) in [6.07, 6.45) is 1.58. The van der Waals surface area contributed by atoms with E-state index in [1.807, 2.05) is 19.9 Å². The third kappa shape index (κ3) is 4.30. The van der Waals surface area contributed by atoms with Crippen LogP contribution in [0.1, 0.15) is 43.2 Å². The molecule has 28 heavy (non-hydrogen) atoms. The maximum Gasteiger partial charge on any atom is 0.471 e. The van der Waals surface area contributed by atoms with E-state index in [2.05, 4.69) is 27.1 Å². The molecule has 1 aliphatic heterocycles. The second-order valence-electron chi connectivity index (χ2n) is 6.84. The molecule has 6 nitrogen and oxygen atoms in total. The van der Waals surface area contributed by atoms with Gasteiger partial charge in [-0.2, -0.15) is 18.2 Å². The zero-order chi connectivity index (χ0) is 20.4. The van der Waals surface area contributed by atoms with E-state index in [4.69, 9.17) is 9.57 Å². The summed E-state index contributed by atoms with van der Waals surface area (Å²) in [6.45, 7) is 6.26. The lowest BCUT2D eigenvalue weighted by molar-refractivity contribution is -0.159. The molecule has 1 N–H and O–H groups in total. The lowest BCUT2D eigenvalue weighted by Gasteiger charge is -2.24. The molecule has 9 heteroatoms. The molecule has 0 amide bonds. The van der Waals surface area contributed by atoms with E-state index >= 15 is 0 Å². The van der Waals surface area contributed by atoms with Crippen molar-refractivity contribution in [3.63, 3.8) is 0 Å². The van der Waals surface area contributed by atoms with Gasteiger partial charge in [-0.25, -0.2) is 0 Å². The predicted molar refractivity (Wildman–Crippen MR) is 95.3 cm³/mol. The average molecular weight is 397 g/mol. The average Bonchev–Trinajstić information content (AvgIpc) is 3.30. The second kappa shape index (κ2) is 7.83. The molecule has 0 fully saturated rings. The minimum Gasteiger partial charge on any atom is -0.493 e. The molecule has 1 aromatic carbocycles. The number of hydrogen-bond donors (Lipinski definition) is 1. The minimum atomic E-state index is -4.66. The van der Waals surface area contributed by atoms with Gasteiger partial charge in [-0.1, -0.05) is 12.1 Å². The van der Waals surface area contributed by atoms with Crippen LogP contribution in [0.2, 0.25) is 0 Å². The first-order valence-electron chi connectivity index (χ1n) is 9.00. The third-order valence-corrected chi connectivity index (χ3v) is 4.75. The highest BCUT2D eigenvalue weighted by Crippen LogP contribution is 2.32. The number of nitrogens with zero attached hydrogens (tertiary/aromatic N) is 2. The molecular weight excluding hydrogens is 375 g/mol. The number of halogens is 3. The number of alkyl halides is 3. The van der Waals surface area contributed by atoms with Gasteiger partial charge in [0.05, 0.1) is 12.1 Å². The van der Waals surface area contributed by atoms with Gasteiger partial charge < -0.3 is 14.1 Å². The lowest BCUT2D eigenvalue weighted by atomic mass is 9.92. The summed E-state index contributed by atoms with van der Waals surface area (Å²) in [5.41, 5.74) is 4.88. The zero-order valence-electron chi connectivity index (χ0n) is 15.9. The Labute approximate surface area is 160 Å². The number of nitrogens with one attached hydrogen (secondary N) is 1. The summed E-state index contributed by atoms with van der Waals surface area (Å²) >= 11 is 0. The molecule has 0 saturated heterocycles. The summed E-state index contributed by atoms with van der Waals surface area (Å²) < 4.78 is 48.2. The maximum absolute atomic E-state index is 12.6. The first kappa shape index (κ1) is 20.2. The van der Waals surface area contributed by atoms with Gasteiger partial charge in [-0.3, -0.25) is 0 Å². The van der Waals surface area contributed by atoms with E-state index < -0.39 is 12.1 Å². The number of ether oxygens (including phenoxy) is 1. The minimum absolute atomic E-state index is 0.103. The second-order valence-corrected chi connectivity index (χ2v) is 6.84. The quantitative estimate of drug-likeness (QED) is 0.682. The van der Waals surface area contributed by atoms with Crippen molar-refractivity contribution in [1.82, 2.24) is 15.6 Å². The summed E-state index contributed by atoms with van der Waals surface area (Å²) in [7, 11) is 0. The van der Waals surface area contributed by atoms with Crippen LogP contribution in [0.5, 0.6) is 5.75 Å². The third-order valence-electron chi connectivity index (χ3n) is 4.75. The van der Waals surface area contributed by atoms with Crippen molar-refractivity contribution in [3.05, 3.63) is 41.5 Å². The highest BCUT2D eigenvalue weighted by molar-refractivity contribution is 5.61. The van der Waals surface area contributed by atoms with Crippen LogP contribution >= 0.6 is 0 Å². The number of aromatic nitrogens is 2. The fourth-order valence-electron chi connectivity index (χ4n) is 3.18. The first-order valence-corrected chi connectivity index (χ1v) is 9.00. The zero-order valence-corrected chi connectivity index (χ0v) is 15.9. The number of hydroxylamine groups is 1. The van der Waals surface area contributed by atoms with Crippen molar-refractivity contribution >= 4 is 0 Å². The Morgan fingerprint density at radius 2 is 1.93 bits per heavy atom. The normalized spacial score (nSPS) is 19.1. The first-order chi connectivity index (χ1) is 13.2. The fourth-order valence-corrected chi connectivity index (χ4v) is 3.18. The van der Waals surface area contributed by atoms with Crippen LogP contribution in [0.15, 0.2) is 29.0 Å². The monoisotopic (exact) mass is 397 g/mol. The van der Waals surface area contributed by atoms with Crippen molar-refractivity contribution < 1.29 is 27.3 Å². The Morgan fingerprint density at radius 1 is 1.21 bits per heavy atom. The van der Waals surface area contributed by atoms with E-state index in [0.29, 0.717) is 17.9 Å². The van der Waals surface area contributed by atoms with Crippen molar-refractivity contribution in [3.8, 4) is 17.1 Å². The van der Waals surface area contributed by atoms with Gasteiger partial charge in [0.25, 0.3) is 0 Å². The lowest BCUT2D eigenvalue weighted by Crippen LogP contribution is -2.38. The molecule has 0 spiro atoms. The van der Waals surface area contributed by atoms with E-state index in [1.165, 1.54) is 0 Å². The molecule has 3 rings (SSSR count). The number of hydrogen-bond acceptors (Lipinski definition) is 6. The van der Waals surface area contributed by atoms with Gasteiger partial charge in [-0.15, -0.1) is 5.48 Å². The van der Waals surface area contributed by atoms with Gasteiger partial charge in [0.15, 0.2) is 0 Å². The van der Waals surface area contributed by atoms with Gasteiger partial charge in [0, 0.05) is 5.56 Å². The van der Waals surface area contributed by atoms with Crippen LogP contribution in [0, 0.1) is 13.8 Å². The molecule has 1 atom stereocenters. The summed E-state index contributed by atoms with van der Waals surface area (Å²) in [5, 5.41) is 3.43. The van der Waals surface area contributed by atoms with Gasteiger partial charge >= 0.3 is 12.1 Å². The molecule has 2 aromatic rings. The Balaban J connectivity index is 1.65.